The Kier molecular flexibility index (Phi) is 3.60. The molecular weight excluding hydrogens is 180 g/mol. The molecule has 0 aliphatic carbocycles. The summed E-state index contributed by atoms with van der Waals surface area (Å²) in [6.45, 7) is 0.0437. The second-order valence-corrected chi connectivity index (χ2v) is 2.99. The fourth-order valence-electron chi connectivity index (χ4n) is 1.23. The van der Waals surface area contributed by atoms with Gasteiger partial charge in [0.1, 0.15) is 24.4 Å². The highest BCUT2D eigenvalue weighted by Crippen LogP contribution is 2.19. The molecule has 1 aliphatic rings. The molecule has 0 aromatic heterocycles. The SMILES string of the molecule is COCC1OC(O)[C@H](O)C(O)C1O. The molecule has 0 radical (unpaired) electrons. The van der Waals surface area contributed by atoms with Crippen LogP contribution < -0.4 is 0 Å². The molecule has 1 saturated heterocycles. The Balaban J connectivity index is 2.59. The fraction of sp³-hybridized carbons (Fsp3) is 1.00. The van der Waals surface area contributed by atoms with Crippen LogP contribution in [0, 0.1) is 0 Å². The molecule has 0 amide bonds. The third-order valence-corrected chi connectivity index (χ3v) is 2.02. The molecule has 1 heterocycles. The van der Waals surface area contributed by atoms with Crippen LogP contribution in [0.15, 0.2) is 0 Å². The van der Waals surface area contributed by atoms with Crippen molar-refractivity contribution in [3.8, 4) is 0 Å². The normalized spacial score (nSPS) is 46.4. The van der Waals surface area contributed by atoms with Crippen LogP contribution in [0.3, 0.4) is 0 Å². The van der Waals surface area contributed by atoms with Crippen molar-refractivity contribution < 1.29 is 29.9 Å². The highest BCUT2D eigenvalue weighted by Gasteiger charge is 2.42. The average molecular weight is 194 g/mol. The maximum Gasteiger partial charge on any atom is 0.184 e. The minimum absolute atomic E-state index is 0.0437. The number of aliphatic hydroxyl groups excluding tert-OH is 4. The Hall–Kier alpha value is -0.240. The van der Waals surface area contributed by atoms with E-state index in [0.717, 1.165) is 0 Å². The van der Waals surface area contributed by atoms with Gasteiger partial charge < -0.3 is 29.9 Å². The lowest BCUT2D eigenvalue weighted by Gasteiger charge is -2.37. The maximum atomic E-state index is 9.33. The summed E-state index contributed by atoms with van der Waals surface area (Å²) in [6, 6.07) is 0. The first-order valence-electron chi connectivity index (χ1n) is 3.94. The van der Waals surface area contributed by atoms with Crippen LogP contribution in [0.25, 0.3) is 0 Å². The van der Waals surface area contributed by atoms with Crippen molar-refractivity contribution in [3.63, 3.8) is 0 Å². The van der Waals surface area contributed by atoms with E-state index in [1.54, 1.807) is 0 Å². The summed E-state index contributed by atoms with van der Waals surface area (Å²) in [5.74, 6) is 0. The molecule has 0 bridgehead atoms. The van der Waals surface area contributed by atoms with Crippen molar-refractivity contribution in [1.29, 1.82) is 0 Å². The van der Waals surface area contributed by atoms with Crippen molar-refractivity contribution in [1.82, 2.24) is 0 Å². The lowest BCUT2D eigenvalue weighted by Crippen LogP contribution is -2.58. The highest BCUT2D eigenvalue weighted by atomic mass is 16.6. The van der Waals surface area contributed by atoms with Gasteiger partial charge in [-0.15, -0.1) is 0 Å². The number of methoxy groups -OCH3 is 1. The number of aliphatic hydroxyl groups is 4. The van der Waals surface area contributed by atoms with Crippen LogP contribution in [0.4, 0.5) is 0 Å². The Morgan fingerprint density at radius 1 is 1.08 bits per heavy atom. The van der Waals surface area contributed by atoms with E-state index >= 15 is 0 Å². The van der Waals surface area contributed by atoms with E-state index in [0.29, 0.717) is 0 Å². The molecule has 1 fully saturated rings. The van der Waals surface area contributed by atoms with Gasteiger partial charge in [-0.2, -0.15) is 0 Å². The van der Waals surface area contributed by atoms with E-state index in [-0.39, 0.29) is 6.61 Å². The van der Waals surface area contributed by atoms with Crippen LogP contribution >= 0.6 is 0 Å². The fourth-order valence-corrected chi connectivity index (χ4v) is 1.23. The van der Waals surface area contributed by atoms with Gasteiger partial charge in [-0.05, 0) is 0 Å². The molecule has 0 aromatic carbocycles. The van der Waals surface area contributed by atoms with Crippen LogP contribution in [-0.2, 0) is 9.47 Å². The van der Waals surface area contributed by atoms with E-state index in [1.165, 1.54) is 7.11 Å². The molecule has 5 atom stereocenters. The zero-order chi connectivity index (χ0) is 10.0. The third kappa shape index (κ3) is 2.16. The predicted molar refractivity (Wildman–Crippen MR) is 40.8 cm³/mol. The molecule has 1 rings (SSSR count). The van der Waals surface area contributed by atoms with Crippen molar-refractivity contribution in [2.45, 2.75) is 30.7 Å². The molecule has 0 saturated carbocycles. The molecule has 4 N–H and O–H groups in total. The first-order chi connectivity index (χ1) is 6.07. The zero-order valence-electron chi connectivity index (χ0n) is 7.20. The summed E-state index contributed by atoms with van der Waals surface area (Å²) >= 11 is 0. The van der Waals surface area contributed by atoms with E-state index < -0.39 is 30.7 Å². The molecule has 13 heavy (non-hydrogen) atoms. The van der Waals surface area contributed by atoms with Crippen molar-refractivity contribution in [3.05, 3.63) is 0 Å². The molecule has 6 heteroatoms. The summed E-state index contributed by atoms with van der Waals surface area (Å²) in [4.78, 5) is 0. The minimum atomic E-state index is -1.49. The van der Waals surface area contributed by atoms with Gasteiger partial charge in [0.25, 0.3) is 0 Å². The van der Waals surface area contributed by atoms with Gasteiger partial charge >= 0.3 is 0 Å². The van der Waals surface area contributed by atoms with Gasteiger partial charge in [-0.1, -0.05) is 0 Å². The standard InChI is InChI=1S/C7H14O6/c1-12-2-3-4(8)5(9)6(10)7(11)13-3/h3-11H,2H2,1H3/t3?,4?,5?,6-,7?/m1/s1. The number of rotatable bonds is 2. The van der Waals surface area contributed by atoms with Crippen LogP contribution in [0.1, 0.15) is 0 Å². The first kappa shape index (κ1) is 10.8. The van der Waals surface area contributed by atoms with Gasteiger partial charge in [0, 0.05) is 7.11 Å². The Morgan fingerprint density at radius 3 is 2.23 bits per heavy atom. The minimum Gasteiger partial charge on any atom is -0.387 e. The summed E-state index contributed by atoms with van der Waals surface area (Å²) < 4.78 is 9.49. The summed E-state index contributed by atoms with van der Waals surface area (Å²) in [7, 11) is 1.40. The first-order valence-corrected chi connectivity index (χ1v) is 3.94. The molecule has 0 spiro atoms. The molecule has 6 nitrogen and oxygen atoms in total. The number of ether oxygens (including phenoxy) is 2. The smallest absolute Gasteiger partial charge is 0.184 e. The number of hydrogen-bond acceptors (Lipinski definition) is 6. The monoisotopic (exact) mass is 194 g/mol. The molecule has 1 aliphatic heterocycles. The Labute approximate surface area is 75.3 Å². The molecular formula is C7H14O6. The summed E-state index contributed by atoms with van der Waals surface area (Å²) in [6.07, 6.45) is -6.46. The number of hydrogen-bond donors (Lipinski definition) is 4. The molecule has 78 valence electrons. The van der Waals surface area contributed by atoms with Gasteiger partial charge in [0.15, 0.2) is 6.29 Å². The molecule has 4 unspecified atom stereocenters. The largest absolute Gasteiger partial charge is 0.387 e. The summed E-state index contributed by atoms with van der Waals surface area (Å²) in [5, 5.41) is 36.7. The van der Waals surface area contributed by atoms with E-state index in [1.807, 2.05) is 0 Å². The van der Waals surface area contributed by atoms with E-state index in [4.69, 9.17) is 19.7 Å². The highest BCUT2D eigenvalue weighted by molar-refractivity contribution is 4.88. The van der Waals surface area contributed by atoms with Crippen LogP contribution in [0.5, 0.6) is 0 Å². The van der Waals surface area contributed by atoms with Gasteiger partial charge in [0.2, 0.25) is 0 Å². The Morgan fingerprint density at radius 2 is 1.69 bits per heavy atom. The Bertz CT molecular complexity index is 163. The topological polar surface area (TPSA) is 99.4 Å². The average Bonchev–Trinajstić information content (AvgIpc) is 2.11. The third-order valence-electron chi connectivity index (χ3n) is 2.02. The van der Waals surface area contributed by atoms with Crippen molar-refractivity contribution in [2.75, 3.05) is 13.7 Å². The van der Waals surface area contributed by atoms with Gasteiger partial charge in [-0.3, -0.25) is 0 Å². The van der Waals surface area contributed by atoms with E-state index in [9.17, 15) is 10.2 Å². The van der Waals surface area contributed by atoms with Crippen LogP contribution in [0.2, 0.25) is 0 Å². The van der Waals surface area contributed by atoms with Crippen molar-refractivity contribution >= 4 is 0 Å². The maximum absolute atomic E-state index is 9.33. The van der Waals surface area contributed by atoms with Crippen molar-refractivity contribution in [2.24, 2.45) is 0 Å². The molecule has 0 aromatic rings. The second kappa shape index (κ2) is 4.32. The lowest BCUT2D eigenvalue weighted by molar-refractivity contribution is -0.287. The quantitative estimate of drug-likeness (QED) is 0.386. The lowest BCUT2D eigenvalue weighted by atomic mass is 9.99. The van der Waals surface area contributed by atoms with Gasteiger partial charge in [-0.25, -0.2) is 0 Å². The predicted octanol–water partition coefficient (Wildman–Crippen LogP) is -2.57. The summed E-state index contributed by atoms with van der Waals surface area (Å²) in [5.41, 5.74) is 0. The van der Waals surface area contributed by atoms with E-state index in [2.05, 4.69) is 0 Å². The van der Waals surface area contributed by atoms with Gasteiger partial charge in [0.05, 0.1) is 6.61 Å². The van der Waals surface area contributed by atoms with Crippen LogP contribution in [-0.4, -0.2) is 64.8 Å². The zero-order valence-corrected chi connectivity index (χ0v) is 7.20. The second-order valence-electron chi connectivity index (χ2n) is 2.99.